The summed E-state index contributed by atoms with van der Waals surface area (Å²) in [5.74, 6) is -0.101. The number of thioether (sulfide) groups is 1. The molecule has 1 aliphatic carbocycles. The van der Waals surface area contributed by atoms with Crippen LogP contribution in [0.4, 0.5) is 4.39 Å². The van der Waals surface area contributed by atoms with Crippen molar-refractivity contribution in [2.75, 3.05) is 6.54 Å². The fraction of sp³-hybridized carbons (Fsp3) is 0.591. The van der Waals surface area contributed by atoms with Crippen molar-refractivity contribution in [3.63, 3.8) is 0 Å². The molecule has 2 aliphatic heterocycles. The molecule has 174 valence electrons. The summed E-state index contributed by atoms with van der Waals surface area (Å²) in [6, 6.07) is 4.78. The monoisotopic (exact) mass is 481 g/mol. The van der Waals surface area contributed by atoms with Gasteiger partial charge in [0, 0.05) is 41.4 Å². The van der Waals surface area contributed by atoms with Crippen LogP contribution >= 0.6 is 23.4 Å². The highest BCUT2D eigenvalue weighted by Gasteiger charge is 2.50. The van der Waals surface area contributed by atoms with Gasteiger partial charge in [-0.25, -0.2) is 4.39 Å². The lowest BCUT2D eigenvalue weighted by Crippen LogP contribution is -2.67. The van der Waals surface area contributed by atoms with Crippen molar-refractivity contribution in [2.45, 2.75) is 70.1 Å². The number of hydrogen-bond acceptors (Lipinski definition) is 6. The highest BCUT2D eigenvalue weighted by atomic mass is 35.5. The van der Waals surface area contributed by atoms with Gasteiger partial charge in [-0.2, -0.15) is 5.10 Å². The predicted molar refractivity (Wildman–Crippen MR) is 124 cm³/mol. The Hall–Kier alpha value is -2.00. The van der Waals surface area contributed by atoms with E-state index in [-0.39, 0.29) is 42.1 Å². The van der Waals surface area contributed by atoms with Crippen molar-refractivity contribution >= 4 is 40.3 Å². The molecule has 7 nitrogen and oxygen atoms in total. The number of nitrogens with zero attached hydrogens (tertiary/aromatic N) is 3. The number of fused-ring (bicyclic) bond motifs is 3. The molecule has 10 heteroatoms. The van der Waals surface area contributed by atoms with Gasteiger partial charge in [-0.1, -0.05) is 42.3 Å². The summed E-state index contributed by atoms with van der Waals surface area (Å²) >= 11 is 7.61. The SMILES string of the molecule is CC(C)NC(=O)CCN1C(=O)C2CCCCC2N2C(SCc3c(F)cccc3Cl)=NNC12. The summed E-state index contributed by atoms with van der Waals surface area (Å²) in [7, 11) is 0. The molecule has 3 unspecified atom stereocenters. The maximum atomic E-state index is 14.2. The van der Waals surface area contributed by atoms with Gasteiger partial charge in [-0.15, -0.1) is 0 Å². The normalized spacial score (nSPS) is 24.7. The highest BCUT2D eigenvalue weighted by Crippen LogP contribution is 2.39. The lowest BCUT2D eigenvalue weighted by molar-refractivity contribution is -0.155. The second-order valence-corrected chi connectivity index (χ2v) is 10.1. The number of halogens is 2. The predicted octanol–water partition coefficient (Wildman–Crippen LogP) is 3.49. The molecular weight excluding hydrogens is 453 g/mol. The van der Waals surface area contributed by atoms with Crippen molar-refractivity contribution in [3.8, 4) is 0 Å². The van der Waals surface area contributed by atoms with Crippen molar-refractivity contribution < 1.29 is 14.0 Å². The topological polar surface area (TPSA) is 77.0 Å². The van der Waals surface area contributed by atoms with Crippen LogP contribution in [-0.2, 0) is 15.3 Å². The van der Waals surface area contributed by atoms with Crippen LogP contribution in [-0.4, -0.2) is 51.7 Å². The van der Waals surface area contributed by atoms with Gasteiger partial charge in [0.25, 0.3) is 0 Å². The molecule has 2 N–H and O–H groups in total. The molecule has 0 aromatic heterocycles. The number of carbonyl (C=O) groups is 2. The van der Waals surface area contributed by atoms with Crippen LogP contribution in [0.1, 0.15) is 51.5 Å². The zero-order valence-corrected chi connectivity index (χ0v) is 19.9. The third-order valence-corrected chi connectivity index (χ3v) is 7.53. The largest absolute Gasteiger partial charge is 0.354 e. The summed E-state index contributed by atoms with van der Waals surface area (Å²) in [4.78, 5) is 29.4. The second-order valence-electron chi connectivity index (χ2n) is 8.76. The molecule has 1 saturated carbocycles. The Labute approximate surface area is 197 Å². The molecule has 1 saturated heterocycles. The fourth-order valence-electron chi connectivity index (χ4n) is 4.71. The van der Waals surface area contributed by atoms with Gasteiger partial charge < -0.3 is 15.1 Å². The van der Waals surface area contributed by atoms with E-state index in [0.29, 0.717) is 22.9 Å². The molecule has 0 bridgehead atoms. The number of nitrogens with one attached hydrogen (secondary N) is 2. The minimum Gasteiger partial charge on any atom is -0.354 e. The average Bonchev–Trinajstić information content (AvgIpc) is 3.17. The van der Waals surface area contributed by atoms with Crippen LogP contribution in [0.15, 0.2) is 23.3 Å². The van der Waals surface area contributed by atoms with E-state index in [9.17, 15) is 14.0 Å². The minimum atomic E-state index is -0.424. The van der Waals surface area contributed by atoms with Gasteiger partial charge in [0.2, 0.25) is 11.8 Å². The number of carbonyl (C=O) groups excluding carboxylic acids is 2. The van der Waals surface area contributed by atoms with Crippen LogP contribution in [0.2, 0.25) is 5.02 Å². The number of hydrogen-bond donors (Lipinski definition) is 2. The van der Waals surface area contributed by atoms with Crippen molar-refractivity contribution in [2.24, 2.45) is 11.0 Å². The minimum absolute atomic E-state index is 0.0549. The second kappa shape index (κ2) is 9.87. The molecule has 2 amide bonds. The number of benzene rings is 1. The molecule has 32 heavy (non-hydrogen) atoms. The molecule has 0 spiro atoms. The Kier molecular flexibility index (Phi) is 7.14. The van der Waals surface area contributed by atoms with E-state index >= 15 is 0 Å². The Balaban J connectivity index is 1.50. The summed E-state index contributed by atoms with van der Waals surface area (Å²) < 4.78 is 14.2. The Bertz CT molecular complexity index is 894. The summed E-state index contributed by atoms with van der Waals surface area (Å²) in [5, 5.41) is 8.50. The Morgan fingerprint density at radius 2 is 2.16 bits per heavy atom. The molecule has 1 aromatic carbocycles. The average molecular weight is 482 g/mol. The van der Waals surface area contributed by atoms with Crippen LogP contribution in [0.3, 0.4) is 0 Å². The van der Waals surface area contributed by atoms with E-state index in [2.05, 4.69) is 20.7 Å². The molecular formula is C22H29ClFN5O2S. The van der Waals surface area contributed by atoms with E-state index in [1.54, 1.807) is 17.0 Å². The van der Waals surface area contributed by atoms with Gasteiger partial charge in [-0.3, -0.25) is 15.0 Å². The van der Waals surface area contributed by atoms with Gasteiger partial charge in [0.15, 0.2) is 11.5 Å². The van der Waals surface area contributed by atoms with E-state index in [0.717, 1.165) is 30.9 Å². The van der Waals surface area contributed by atoms with Gasteiger partial charge in [-0.05, 0) is 38.8 Å². The first-order valence-electron chi connectivity index (χ1n) is 11.1. The maximum absolute atomic E-state index is 14.2. The number of amidine groups is 1. The first-order valence-corrected chi connectivity index (χ1v) is 12.5. The van der Waals surface area contributed by atoms with Crippen molar-refractivity contribution in [1.29, 1.82) is 0 Å². The molecule has 3 atom stereocenters. The maximum Gasteiger partial charge on any atom is 0.230 e. The van der Waals surface area contributed by atoms with Crippen molar-refractivity contribution in [1.82, 2.24) is 20.5 Å². The molecule has 1 aromatic rings. The van der Waals surface area contributed by atoms with Gasteiger partial charge >= 0.3 is 0 Å². The number of rotatable bonds is 6. The number of hydrazone groups is 1. The summed E-state index contributed by atoms with van der Waals surface area (Å²) in [5.41, 5.74) is 3.54. The van der Waals surface area contributed by atoms with E-state index in [1.807, 2.05) is 13.8 Å². The zero-order chi connectivity index (χ0) is 22.8. The van der Waals surface area contributed by atoms with E-state index in [4.69, 9.17) is 11.6 Å². The van der Waals surface area contributed by atoms with Crippen LogP contribution in [0, 0.1) is 11.7 Å². The summed E-state index contributed by atoms with van der Waals surface area (Å²) in [6.07, 6.45) is 3.64. The molecule has 4 rings (SSSR count). The van der Waals surface area contributed by atoms with Crippen LogP contribution < -0.4 is 10.7 Å². The number of amides is 2. The standard InChI is InChI=1S/C22H29ClFN5O2S/c1-13(2)25-19(30)10-11-28-20(31)14-6-3-4-9-18(14)29-21(28)26-27-22(29)32-12-15-16(23)7-5-8-17(15)24/h5,7-8,13-14,18,21,26H,3-4,6,9-12H2,1-2H3,(H,25,30). The smallest absolute Gasteiger partial charge is 0.230 e. The molecule has 2 fully saturated rings. The third kappa shape index (κ3) is 4.69. The zero-order valence-electron chi connectivity index (χ0n) is 18.3. The molecule has 3 aliphatic rings. The first kappa shape index (κ1) is 23.2. The van der Waals surface area contributed by atoms with Crippen molar-refractivity contribution in [3.05, 3.63) is 34.6 Å². The third-order valence-electron chi connectivity index (χ3n) is 6.18. The quantitative estimate of drug-likeness (QED) is 0.650. The Morgan fingerprint density at radius 1 is 1.38 bits per heavy atom. The fourth-order valence-corrected chi connectivity index (χ4v) is 6.09. The first-order chi connectivity index (χ1) is 15.4. The lowest BCUT2D eigenvalue weighted by atomic mass is 9.81. The van der Waals surface area contributed by atoms with Crippen LogP contribution in [0.25, 0.3) is 0 Å². The Morgan fingerprint density at radius 3 is 2.91 bits per heavy atom. The summed E-state index contributed by atoms with van der Waals surface area (Å²) in [6.45, 7) is 4.15. The molecule has 0 radical (unpaired) electrons. The van der Waals surface area contributed by atoms with E-state index < -0.39 is 6.29 Å². The highest BCUT2D eigenvalue weighted by molar-refractivity contribution is 8.13. The van der Waals surface area contributed by atoms with Crippen LogP contribution in [0.5, 0.6) is 0 Å². The van der Waals surface area contributed by atoms with Gasteiger partial charge in [0.1, 0.15) is 5.82 Å². The van der Waals surface area contributed by atoms with Gasteiger partial charge in [0.05, 0.1) is 5.92 Å². The molecule has 2 heterocycles. The lowest BCUT2D eigenvalue weighted by Gasteiger charge is -2.50. The van der Waals surface area contributed by atoms with E-state index in [1.165, 1.54) is 17.8 Å².